The van der Waals surface area contributed by atoms with Crippen molar-refractivity contribution in [1.82, 2.24) is 10.2 Å². The van der Waals surface area contributed by atoms with Gasteiger partial charge in [-0.2, -0.15) is 11.8 Å². The number of rotatable bonds is 10. The highest BCUT2D eigenvalue weighted by atomic mass is 32.2. The Kier molecular flexibility index (Phi) is 11.5. The second kappa shape index (κ2) is 13.9. The Morgan fingerprint density at radius 1 is 0.923 bits per heavy atom. The molecule has 39 heavy (non-hydrogen) atoms. The topological polar surface area (TPSA) is 87.7 Å². The van der Waals surface area contributed by atoms with Crippen molar-refractivity contribution in [3.05, 3.63) is 64.2 Å². The van der Waals surface area contributed by atoms with Crippen molar-refractivity contribution in [2.24, 2.45) is 0 Å². The number of carbonyl (C=O) groups is 3. The van der Waals surface area contributed by atoms with E-state index >= 15 is 0 Å². The predicted octanol–water partition coefficient (Wildman–Crippen LogP) is 6.48. The minimum Gasteiger partial charge on any atom is -0.444 e. The van der Waals surface area contributed by atoms with E-state index in [1.807, 2.05) is 84.2 Å². The molecular weight excluding hydrogens is 510 g/mol. The van der Waals surface area contributed by atoms with Gasteiger partial charge < -0.3 is 20.3 Å². The van der Waals surface area contributed by atoms with E-state index in [4.69, 9.17) is 4.74 Å². The van der Waals surface area contributed by atoms with Crippen LogP contribution in [0.15, 0.2) is 36.4 Å². The van der Waals surface area contributed by atoms with Crippen molar-refractivity contribution >= 4 is 35.4 Å². The van der Waals surface area contributed by atoms with Crippen molar-refractivity contribution < 1.29 is 19.1 Å². The van der Waals surface area contributed by atoms with Crippen molar-refractivity contribution in [2.75, 3.05) is 17.3 Å². The summed E-state index contributed by atoms with van der Waals surface area (Å²) in [5.41, 5.74) is 4.52. The van der Waals surface area contributed by atoms with Gasteiger partial charge >= 0.3 is 6.09 Å². The Morgan fingerprint density at radius 2 is 1.44 bits per heavy atom. The number of benzene rings is 2. The lowest BCUT2D eigenvalue weighted by Gasteiger charge is -2.38. The molecule has 0 saturated carbocycles. The molecule has 2 N–H and O–H groups in total. The summed E-state index contributed by atoms with van der Waals surface area (Å²) in [5.74, 6) is 0.0304. The number of aryl methyl sites for hydroxylation is 4. The van der Waals surface area contributed by atoms with Gasteiger partial charge in [0.15, 0.2) is 0 Å². The number of nitrogens with zero attached hydrogens (tertiary/aromatic N) is 1. The second-order valence-electron chi connectivity index (χ2n) is 11.3. The largest absolute Gasteiger partial charge is 0.444 e. The minimum absolute atomic E-state index is 0.298. The molecule has 0 fully saturated rings. The molecule has 7 nitrogen and oxygen atoms in total. The number of ether oxygens (including phenoxy) is 1. The summed E-state index contributed by atoms with van der Waals surface area (Å²) >= 11 is 1.59. The SMILES string of the molecule is CSCCC(NC(=O)OC(C)(C)C)C(=O)N(C(C)C)C(C(=O)Nc1c(C)cccc1C)c1c(C)cccc1C. The van der Waals surface area contributed by atoms with Gasteiger partial charge in [-0.25, -0.2) is 4.79 Å². The van der Waals surface area contributed by atoms with Crippen molar-refractivity contribution in [2.45, 2.75) is 92.5 Å². The van der Waals surface area contributed by atoms with Crippen LogP contribution in [0.5, 0.6) is 0 Å². The number of para-hydroxylation sites is 1. The average molecular weight is 556 g/mol. The molecule has 2 aromatic carbocycles. The molecule has 2 unspecified atom stereocenters. The smallest absolute Gasteiger partial charge is 0.408 e. The Labute approximate surface area is 238 Å². The summed E-state index contributed by atoms with van der Waals surface area (Å²) in [5, 5.41) is 5.92. The van der Waals surface area contributed by atoms with E-state index in [0.717, 1.165) is 33.5 Å². The van der Waals surface area contributed by atoms with Gasteiger partial charge in [-0.1, -0.05) is 36.4 Å². The Balaban J connectivity index is 2.62. The molecule has 2 rings (SSSR count). The predicted molar refractivity (Wildman–Crippen MR) is 161 cm³/mol. The van der Waals surface area contributed by atoms with E-state index < -0.39 is 23.8 Å². The van der Waals surface area contributed by atoms with Crippen LogP contribution < -0.4 is 10.6 Å². The van der Waals surface area contributed by atoms with E-state index in [0.29, 0.717) is 12.2 Å². The molecular formula is C31H45N3O4S. The highest BCUT2D eigenvalue weighted by molar-refractivity contribution is 7.98. The van der Waals surface area contributed by atoms with E-state index in [-0.39, 0.29) is 17.9 Å². The molecule has 0 aliphatic rings. The summed E-state index contributed by atoms with van der Waals surface area (Å²) in [4.78, 5) is 42.8. The third kappa shape index (κ3) is 8.75. The minimum atomic E-state index is -0.907. The van der Waals surface area contributed by atoms with Crippen LogP contribution in [0.3, 0.4) is 0 Å². The van der Waals surface area contributed by atoms with Gasteiger partial charge in [0.05, 0.1) is 0 Å². The molecule has 214 valence electrons. The normalized spacial score (nSPS) is 13.0. The van der Waals surface area contributed by atoms with E-state index in [2.05, 4.69) is 10.6 Å². The Bertz CT molecular complexity index is 1130. The molecule has 2 aromatic rings. The zero-order chi connectivity index (χ0) is 29.5. The monoisotopic (exact) mass is 555 g/mol. The summed E-state index contributed by atoms with van der Waals surface area (Å²) in [7, 11) is 0. The molecule has 0 bridgehead atoms. The summed E-state index contributed by atoms with van der Waals surface area (Å²) < 4.78 is 5.47. The number of anilines is 1. The van der Waals surface area contributed by atoms with Crippen molar-refractivity contribution in [3.8, 4) is 0 Å². The summed E-state index contributed by atoms with van der Waals surface area (Å²) in [6, 6.07) is 9.61. The third-order valence-corrected chi connectivity index (χ3v) is 7.13. The molecule has 2 atom stereocenters. The molecule has 0 heterocycles. The van der Waals surface area contributed by atoms with Crippen molar-refractivity contribution in [1.29, 1.82) is 0 Å². The highest BCUT2D eigenvalue weighted by Crippen LogP contribution is 2.32. The van der Waals surface area contributed by atoms with Gasteiger partial charge in [0.1, 0.15) is 17.7 Å². The molecule has 0 spiro atoms. The average Bonchev–Trinajstić information content (AvgIpc) is 2.81. The first-order chi connectivity index (χ1) is 18.2. The fraction of sp³-hybridized carbons (Fsp3) is 0.516. The maximum atomic E-state index is 14.3. The van der Waals surface area contributed by atoms with Gasteiger partial charge in [-0.05, 0) is 109 Å². The fourth-order valence-electron chi connectivity index (χ4n) is 4.66. The molecule has 0 radical (unpaired) electrons. The van der Waals surface area contributed by atoms with E-state index in [9.17, 15) is 14.4 Å². The van der Waals surface area contributed by atoms with Crippen LogP contribution in [0.4, 0.5) is 10.5 Å². The van der Waals surface area contributed by atoms with Crippen LogP contribution in [0.2, 0.25) is 0 Å². The lowest BCUT2D eigenvalue weighted by atomic mass is 9.92. The highest BCUT2D eigenvalue weighted by Gasteiger charge is 2.39. The Morgan fingerprint density at radius 3 is 1.90 bits per heavy atom. The quantitative estimate of drug-likeness (QED) is 0.350. The van der Waals surface area contributed by atoms with E-state index in [1.54, 1.807) is 37.4 Å². The van der Waals surface area contributed by atoms with Crippen molar-refractivity contribution in [3.63, 3.8) is 0 Å². The van der Waals surface area contributed by atoms with Gasteiger partial charge in [0, 0.05) is 11.7 Å². The number of hydrogen-bond acceptors (Lipinski definition) is 5. The lowest BCUT2D eigenvalue weighted by molar-refractivity contribution is -0.143. The van der Waals surface area contributed by atoms with Crippen LogP contribution >= 0.6 is 11.8 Å². The van der Waals surface area contributed by atoms with Gasteiger partial charge in [0.2, 0.25) is 5.91 Å². The van der Waals surface area contributed by atoms with E-state index in [1.165, 1.54) is 0 Å². The summed E-state index contributed by atoms with van der Waals surface area (Å²) in [6.45, 7) is 16.9. The zero-order valence-corrected chi connectivity index (χ0v) is 25.9. The second-order valence-corrected chi connectivity index (χ2v) is 12.3. The van der Waals surface area contributed by atoms with Crippen LogP contribution in [-0.4, -0.2) is 52.5 Å². The first-order valence-corrected chi connectivity index (χ1v) is 14.8. The molecule has 0 aliphatic heterocycles. The van der Waals surface area contributed by atoms with Crippen LogP contribution in [-0.2, 0) is 14.3 Å². The molecule has 8 heteroatoms. The number of nitrogens with one attached hydrogen (secondary N) is 2. The van der Waals surface area contributed by atoms with Crippen LogP contribution in [0.25, 0.3) is 0 Å². The number of hydrogen-bond donors (Lipinski definition) is 2. The van der Waals surface area contributed by atoms with Crippen LogP contribution in [0.1, 0.15) is 74.9 Å². The van der Waals surface area contributed by atoms with Gasteiger partial charge in [-0.15, -0.1) is 0 Å². The molecule has 3 amide bonds. The molecule has 0 saturated heterocycles. The first kappa shape index (κ1) is 32.2. The van der Waals surface area contributed by atoms with Gasteiger partial charge in [-0.3, -0.25) is 9.59 Å². The third-order valence-electron chi connectivity index (χ3n) is 6.48. The zero-order valence-electron chi connectivity index (χ0n) is 25.1. The molecule has 0 aliphatic carbocycles. The van der Waals surface area contributed by atoms with Gasteiger partial charge in [0.25, 0.3) is 5.91 Å². The first-order valence-electron chi connectivity index (χ1n) is 13.4. The lowest BCUT2D eigenvalue weighted by Crippen LogP contribution is -2.54. The number of amides is 3. The molecule has 0 aromatic heterocycles. The Hall–Kier alpha value is -3.00. The number of alkyl carbamates (subject to hydrolysis) is 1. The maximum Gasteiger partial charge on any atom is 0.408 e. The summed E-state index contributed by atoms with van der Waals surface area (Å²) in [6.07, 6.45) is 1.70. The van der Waals surface area contributed by atoms with Crippen LogP contribution in [0, 0.1) is 27.7 Å². The number of carbonyl (C=O) groups excluding carboxylic acids is 3. The number of thioether (sulfide) groups is 1. The standard InChI is InChI=1S/C31H45N3O4S/c1-19(2)34(29(36)24(17-18-39-10)32-30(37)38-31(7,8)9)27(25-20(3)13-11-14-21(25)4)28(35)33-26-22(5)15-12-16-23(26)6/h11-16,19,24,27H,17-18H2,1-10H3,(H,32,37)(H,33,35). The maximum absolute atomic E-state index is 14.3. The fourth-order valence-corrected chi connectivity index (χ4v) is 5.13.